The fraction of sp³-hybridized carbons (Fsp3) is 0.381. The van der Waals surface area contributed by atoms with Crippen LogP contribution in [0.5, 0.6) is 0 Å². The van der Waals surface area contributed by atoms with Gasteiger partial charge in [-0.15, -0.1) is 0 Å². The molecule has 3 N–H and O–H groups in total. The number of nitrogens with zero attached hydrogens (tertiary/aromatic N) is 1. The maximum absolute atomic E-state index is 12.3. The standard InChI is InChI=1S/C21H23ClN4O3S/c1-12(27)24-20-25-16-8-7-13(10-18(16)30-20)14-9-17(19(22)23-11-14)26-21(28)29-15-5-3-2-4-6-15/h7-11,15,20,25H,2-6H2,1H3,(H,24,27)(H,26,28). The van der Waals surface area contributed by atoms with Crippen molar-refractivity contribution in [2.24, 2.45) is 0 Å². The number of aromatic nitrogens is 1. The van der Waals surface area contributed by atoms with Crippen LogP contribution in [0.25, 0.3) is 11.1 Å². The summed E-state index contributed by atoms with van der Waals surface area (Å²) in [6.07, 6.45) is 6.30. The second-order valence-electron chi connectivity index (χ2n) is 7.41. The number of rotatable bonds is 4. The molecule has 1 aromatic carbocycles. The number of ether oxygens (including phenoxy) is 1. The largest absolute Gasteiger partial charge is 0.446 e. The van der Waals surface area contributed by atoms with Crippen LogP contribution >= 0.6 is 23.4 Å². The third kappa shape index (κ3) is 4.99. The summed E-state index contributed by atoms with van der Waals surface area (Å²) in [4.78, 5) is 28.8. The highest BCUT2D eigenvalue weighted by Gasteiger charge is 2.23. The number of thioether (sulfide) groups is 1. The first-order chi connectivity index (χ1) is 14.5. The van der Waals surface area contributed by atoms with Gasteiger partial charge < -0.3 is 15.4 Å². The highest BCUT2D eigenvalue weighted by atomic mass is 35.5. The number of carbonyl (C=O) groups is 2. The number of hydrogen-bond donors (Lipinski definition) is 3. The first kappa shape index (κ1) is 20.8. The van der Waals surface area contributed by atoms with Gasteiger partial charge in [0.05, 0.1) is 11.4 Å². The van der Waals surface area contributed by atoms with Gasteiger partial charge in [-0.1, -0.05) is 35.9 Å². The zero-order valence-corrected chi connectivity index (χ0v) is 18.1. The van der Waals surface area contributed by atoms with Crippen molar-refractivity contribution in [1.82, 2.24) is 10.3 Å². The van der Waals surface area contributed by atoms with E-state index in [2.05, 4.69) is 20.9 Å². The second-order valence-corrected chi connectivity index (χ2v) is 8.91. The number of amides is 2. The van der Waals surface area contributed by atoms with Gasteiger partial charge in [-0.25, -0.2) is 9.78 Å². The highest BCUT2D eigenvalue weighted by Crippen LogP contribution is 2.40. The van der Waals surface area contributed by atoms with E-state index in [1.807, 2.05) is 18.2 Å². The molecule has 1 aromatic heterocycles. The molecule has 7 nitrogen and oxygen atoms in total. The number of carbonyl (C=O) groups excluding carboxylic acids is 2. The van der Waals surface area contributed by atoms with Crippen LogP contribution in [0.3, 0.4) is 0 Å². The average molecular weight is 447 g/mol. The van der Waals surface area contributed by atoms with E-state index in [0.29, 0.717) is 5.69 Å². The van der Waals surface area contributed by atoms with Gasteiger partial charge >= 0.3 is 6.09 Å². The fourth-order valence-electron chi connectivity index (χ4n) is 3.63. The lowest BCUT2D eigenvalue weighted by Crippen LogP contribution is -2.33. The van der Waals surface area contributed by atoms with Crippen LogP contribution < -0.4 is 16.0 Å². The third-order valence-corrected chi connectivity index (χ3v) is 6.45. The SMILES string of the molecule is CC(=O)NC1Nc2ccc(-c3cnc(Cl)c(NC(=O)OC4CCCCC4)c3)cc2S1. The minimum absolute atomic E-state index is 0.0357. The zero-order chi connectivity index (χ0) is 21.1. The molecule has 1 aliphatic heterocycles. The van der Waals surface area contributed by atoms with Crippen molar-refractivity contribution in [3.05, 3.63) is 35.6 Å². The van der Waals surface area contributed by atoms with Gasteiger partial charge in [0.25, 0.3) is 0 Å². The molecule has 2 amide bonds. The molecule has 2 heterocycles. The third-order valence-electron chi connectivity index (χ3n) is 5.08. The Bertz CT molecular complexity index is 965. The van der Waals surface area contributed by atoms with Crippen molar-refractivity contribution >= 4 is 46.7 Å². The Morgan fingerprint density at radius 1 is 1.20 bits per heavy atom. The Morgan fingerprint density at radius 2 is 2.00 bits per heavy atom. The molecule has 1 aliphatic carbocycles. The number of benzene rings is 1. The predicted molar refractivity (Wildman–Crippen MR) is 119 cm³/mol. The lowest BCUT2D eigenvalue weighted by molar-refractivity contribution is -0.119. The summed E-state index contributed by atoms with van der Waals surface area (Å²) in [5, 5.41) is 9.03. The molecule has 2 aromatic rings. The molecular formula is C21H23ClN4O3S. The quantitative estimate of drug-likeness (QED) is 0.557. The Kier molecular flexibility index (Phi) is 6.34. The summed E-state index contributed by atoms with van der Waals surface area (Å²) in [6, 6.07) is 7.72. The van der Waals surface area contributed by atoms with Crippen LogP contribution in [-0.4, -0.2) is 28.6 Å². The minimum atomic E-state index is -0.505. The molecule has 158 valence electrons. The van der Waals surface area contributed by atoms with Crippen LogP contribution in [0.4, 0.5) is 16.2 Å². The van der Waals surface area contributed by atoms with Crippen molar-refractivity contribution in [2.75, 3.05) is 10.6 Å². The predicted octanol–water partition coefficient (Wildman–Crippen LogP) is 5.22. The number of nitrogens with one attached hydrogen (secondary N) is 3. The van der Waals surface area contributed by atoms with Crippen LogP contribution in [0.2, 0.25) is 5.15 Å². The normalized spacial score (nSPS) is 18.3. The lowest BCUT2D eigenvalue weighted by atomic mass is 9.98. The van der Waals surface area contributed by atoms with Crippen molar-refractivity contribution in [3.8, 4) is 11.1 Å². The molecule has 1 atom stereocenters. The first-order valence-electron chi connectivity index (χ1n) is 9.96. The van der Waals surface area contributed by atoms with E-state index in [1.165, 1.54) is 25.1 Å². The molecule has 0 radical (unpaired) electrons. The number of fused-ring (bicyclic) bond motifs is 1. The van der Waals surface area contributed by atoms with Gasteiger partial charge in [0.2, 0.25) is 5.91 Å². The minimum Gasteiger partial charge on any atom is -0.446 e. The molecule has 0 bridgehead atoms. The van der Waals surface area contributed by atoms with Crippen molar-refractivity contribution in [3.63, 3.8) is 0 Å². The summed E-state index contributed by atoms with van der Waals surface area (Å²) < 4.78 is 5.52. The van der Waals surface area contributed by atoms with Gasteiger partial charge in [-0.3, -0.25) is 10.1 Å². The van der Waals surface area contributed by atoms with Gasteiger partial charge in [0.1, 0.15) is 6.10 Å². The molecule has 1 unspecified atom stereocenters. The van der Waals surface area contributed by atoms with Gasteiger partial charge in [0, 0.05) is 23.6 Å². The van der Waals surface area contributed by atoms with E-state index in [0.717, 1.165) is 47.4 Å². The van der Waals surface area contributed by atoms with Crippen LogP contribution in [-0.2, 0) is 9.53 Å². The number of pyridine rings is 1. The molecule has 0 saturated heterocycles. The summed E-state index contributed by atoms with van der Waals surface area (Å²) in [6.45, 7) is 1.49. The van der Waals surface area contributed by atoms with E-state index in [-0.39, 0.29) is 22.7 Å². The Morgan fingerprint density at radius 3 is 2.77 bits per heavy atom. The Labute approximate surface area is 184 Å². The van der Waals surface area contributed by atoms with E-state index < -0.39 is 6.09 Å². The molecule has 0 spiro atoms. The van der Waals surface area contributed by atoms with E-state index in [4.69, 9.17) is 16.3 Å². The first-order valence-corrected chi connectivity index (χ1v) is 11.2. The van der Waals surface area contributed by atoms with Gasteiger partial charge in [-0.2, -0.15) is 0 Å². The Hall–Kier alpha value is -2.45. The van der Waals surface area contributed by atoms with Crippen molar-refractivity contribution < 1.29 is 14.3 Å². The summed E-state index contributed by atoms with van der Waals surface area (Å²) in [5.41, 5.74) is 2.93. The molecule has 4 rings (SSSR count). The van der Waals surface area contributed by atoms with E-state index >= 15 is 0 Å². The second kappa shape index (κ2) is 9.14. The summed E-state index contributed by atoms with van der Waals surface area (Å²) in [7, 11) is 0. The number of hydrogen-bond acceptors (Lipinski definition) is 6. The fourth-order valence-corrected chi connectivity index (χ4v) is 4.90. The van der Waals surface area contributed by atoms with Crippen LogP contribution in [0, 0.1) is 0 Å². The molecule has 2 aliphatic rings. The summed E-state index contributed by atoms with van der Waals surface area (Å²) >= 11 is 7.73. The van der Waals surface area contributed by atoms with Gasteiger partial charge in [-0.05, 0) is 49.4 Å². The molecular weight excluding hydrogens is 424 g/mol. The summed E-state index contributed by atoms with van der Waals surface area (Å²) in [5.74, 6) is -0.0919. The number of halogens is 1. The van der Waals surface area contributed by atoms with E-state index in [9.17, 15) is 9.59 Å². The van der Waals surface area contributed by atoms with Crippen LogP contribution in [0.15, 0.2) is 35.4 Å². The monoisotopic (exact) mass is 446 g/mol. The van der Waals surface area contributed by atoms with E-state index in [1.54, 1.807) is 12.3 Å². The number of anilines is 2. The maximum Gasteiger partial charge on any atom is 0.411 e. The Balaban J connectivity index is 1.47. The smallest absolute Gasteiger partial charge is 0.411 e. The molecule has 9 heteroatoms. The van der Waals surface area contributed by atoms with Crippen LogP contribution in [0.1, 0.15) is 39.0 Å². The average Bonchev–Trinajstić information content (AvgIpc) is 3.11. The molecule has 30 heavy (non-hydrogen) atoms. The topological polar surface area (TPSA) is 92.4 Å². The zero-order valence-electron chi connectivity index (χ0n) is 16.5. The molecule has 1 fully saturated rings. The van der Waals surface area contributed by atoms with Crippen molar-refractivity contribution in [1.29, 1.82) is 0 Å². The van der Waals surface area contributed by atoms with Crippen molar-refractivity contribution in [2.45, 2.75) is 55.5 Å². The molecule has 1 saturated carbocycles. The lowest BCUT2D eigenvalue weighted by Gasteiger charge is -2.22. The van der Waals surface area contributed by atoms with Gasteiger partial charge in [0.15, 0.2) is 10.7 Å². The maximum atomic E-state index is 12.3. The highest BCUT2D eigenvalue weighted by molar-refractivity contribution is 8.00.